The van der Waals surface area contributed by atoms with Gasteiger partial charge in [0, 0.05) is 80.1 Å². The van der Waals surface area contributed by atoms with E-state index < -0.39 is 5.97 Å². The summed E-state index contributed by atoms with van der Waals surface area (Å²) in [6.45, 7) is 13.9. The molecule has 1 aliphatic carbocycles. The van der Waals surface area contributed by atoms with E-state index in [1.54, 1.807) is 12.1 Å². The number of aromatic hydroxyl groups is 1. The number of ether oxygens (including phenoxy) is 2. The lowest BCUT2D eigenvalue weighted by molar-refractivity contribution is -0.199. The zero-order chi connectivity index (χ0) is 29.5. The van der Waals surface area contributed by atoms with Gasteiger partial charge in [0.2, 0.25) is 0 Å². The highest BCUT2D eigenvalue weighted by Crippen LogP contribution is 2.59. The molecule has 2 fully saturated rings. The van der Waals surface area contributed by atoms with Crippen LogP contribution in [0.5, 0.6) is 11.5 Å². The normalized spacial score (nSPS) is 23.3. The monoisotopic (exact) mass is 585 g/mol. The van der Waals surface area contributed by atoms with Gasteiger partial charge in [0.05, 0.1) is 5.02 Å². The predicted molar refractivity (Wildman–Crippen MR) is 157 cm³/mol. The average Bonchev–Trinajstić information content (AvgIpc) is 3.23. The molecule has 0 radical (unpaired) electrons. The molecule has 2 N–H and O–H groups in total. The van der Waals surface area contributed by atoms with Crippen molar-refractivity contribution in [1.29, 1.82) is 0 Å². The molecule has 3 aliphatic rings. The lowest BCUT2D eigenvalue weighted by Crippen LogP contribution is -2.74. The van der Waals surface area contributed by atoms with Crippen molar-refractivity contribution in [2.45, 2.75) is 52.8 Å². The molecule has 9 nitrogen and oxygen atoms in total. The van der Waals surface area contributed by atoms with E-state index in [0.29, 0.717) is 18.9 Å². The van der Waals surface area contributed by atoms with E-state index >= 15 is 0 Å². The maximum absolute atomic E-state index is 13.6. The Morgan fingerprint density at radius 1 is 1.05 bits per heavy atom. The molecule has 0 spiro atoms. The zero-order valence-electron chi connectivity index (χ0n) is 24.2. The highest BCUT2D eigenvalue weighted by Gasteiger charge is 2.67. The van der Waals surface area contributed by atoms with Crippen molar-refractivity contribution in [3.05, 3.63) is 52.5 Å². The summed E-state index contributed by atoms with van der Waals surface area (Å²) in [5.74, 6) is -0.248. The number of hydrogen-bond acceptors (Lipinski definition) is 7. The molecule has 222 valence electrons. The fraction of sp³-hybridized carbons (Fsp3) is 0.548. The summed E-state index contributed by atoms with van der Waals surface area (Å²) in [5, 5.41) is 18.7. The Kier molecular flexibility index (Phi) is 8.16. The molecular weight excluding hydrogens is 546 g/mol. The summed E-state index contributed by atoms with van der Waals surface area (Å²) in [4.78, 5) is 31.0. The number of halogens is 1. The number of phenols is 1. The van der Waals surface area contributed by atoms with E-state index in [0.717, 1.165) is 56.0 Å². The molecule has 2 aliphatic heterocycles. The number of aliphatic carboxylic acids is 1. The largest absolute Gasteiger partial charge is 0.506 e. The molecule has 1 amide bonds. The fourth-order valence-corrected chi connectivity index (χ4v) is 7.60. The maximum Gasteiger partial charge on any atom is 0.329 e. The van der Waals surface area contributed by atoms with Crippen molar-refractivity contribution in [1.82, 2.24) is 9.80 Å². The summed E-state index contributed by atoms with van der Waals surface area (Å²) < 4.78 is 11.5. The molecule has 0 bridgehead atoms. The van der Waals surface area contributed by atoms with Gasteiger partial charge in [-0.2, -0.15) is 0 Å². The van der Waals surface area contributed by atoms with E-state index in [1.807, 2.05) is 11.0 Å². The van der Waals surface area contributed by atoms with E-state index in [4.69, 9.17) is 26.2 Å². The number of carbonyl (C=O) groups excluding carboxylic acids is 1. The third-order valence-electron chi connectivity index (χ3n) is 8.89. The lowest BCUT2D eigenvalue weighted by atomic mass is 9.49. The molecular formula is C31H40ClN3O6. The van der Waals surface area contributed by atoms with Gasteiger partial charge in [-0.3, -0.25) is 9.69 Å². The molecule has 2 aromatic carbocycles. The van der Waals surface area contributed by atoms with Crippen molar-refractivity contribution >= 4 is 29.2 Å². The number of hydrogen-bond donors (Lipinski definition) is 2. The number of rotatable bonds is 10. The first-order valence-electron chi connectivity index (χ1n) is 14.3. The molecule has 2 heterocycles. The lowest BCUT2D eigenvalue weighted by Gasteiger charge is -2.65. The van der Waals surface area contributed by atoms with Crippen LogP contribution < -0.4 is 9.64 Å². The Morgan fingerprint density at radius 3 is 2.41 bits per heavy atom. The number of piperazine rings is 1. The van der Waals surface area contributed by atoms with Crippen molar-refractivity contribution in [2.75, 3.05) is 50.8 Å². The summed E-state index contributed by atoms with van der Waals surface area (Å²) in [6, 6.07) is 11.1. The number of anilines is 1. The second-order valence-corrected chi connectivity index (χ2v) is 13.0. The Balaban J connectivity index is 1.20. The van der Waals surface area contributed by atoms with E-state index in [1.165, 1.54) is 6.07 Å². The highest BCUT2D eigenvalue weighted by molar-refractivity contribution is 6.32. The van der Waals surface area contributed by atoms with Crippen LogP contribution in [-0.2, 0) is 16.1 Å². The topological polar surface area (TPSA) is 103 Å². The van der Waals surface area contributed by atoms with Crippen molar-refractivity contribution in [3.8, 4) is 11.5 Å². The number of nitrogens with zero attached hydrogens (tertiary/aromatic N) is 3. The number of carboxylic acid groups (broad SMARTS) is 1. The van der Waals surface area contributed by atoms with E-state index in [9.17, 15) is 14.7 Å². The first-order valence-corrected chi connectivity index (χ1v) is 14.6. The van der Waals surface area contributed by atoms with Gasteiger partial charge >= 0.3 is 5.97 Å². The number of fused-ring (bicyclic) bond motifs is 1. The van der Waals surface area contributed by atoms with Crippen LogP contribution in [0.2, 0.25) is 5.02 Å². The van der Waals surface area contributed by atoms with E-state index in [-0.39, 0.29) is 46.3 Å². The van der Waals surface area contributed by atoms with Crippen molar-refractivity contribution in [3.63, 3.8) is 0 Å². The Labute approximate surface area is 246 Å². The van der Waals surface area contributed by atoms with Crippen molar-refractivity contribution < 1.29 is 29.3 Å². The molecule has 2 aromatic rings. The first-order chi connectivity index (χ1) is 19.4. The predicted octanol–water partition coefficient (Wildman–Crippen LogP) is 4.50. The minimum absolute atomic E-state index is 0.0149. The number of phenolic OH excluding ortho intramolecular Hbond substituents is 1. The van der Waals surface area contributed by atoms with E-state index in [2.05, 4.69) is 49.6 Å². The van der Waals surface area contributed by atoms with Gasteiger partial charge in [-0.1, -0.05) is 39.3 Å². The van der Waals surface area contributed by atoms with Gasteiger partial charge in [-0.15, -0.1) is 0 Å². The van der Waals surface area contributed by atoms with Crippen LogP contribution in [0.3, 0.4) is 0 Å². The number of carboxylic acids is 1. The minimum Gasteiger partial charge on any atom is -0.506 e. The van der Waals surface area contributed by atoms with Crippen molar-refractivity contribution in [2.24, 2.45) is 10.8 Å². The molecule has 1 saturated heterocycles. The molecule has 0 unspecified atom stereocenters. The number of carbonyl (C=O) groups is 2. The molecule has 10 heteroatoms. The standard InChI is InChI=1S/C31H40ClN3O6/c1-30(2)28(31(3,4)29(30)41-22-7-9-25(36)24(32)17-22)35-18-20-16-21(6-8-23(20)27(35)39)34-13-11-33(12-14-34)10-5-15-40-19-26(37)38/h6-9,16-17,28-29,36H,5,10-15,18-19H2,1-4H3,(H,37,38). The smallest absolute Gasteiger partial charge is 0.329 e. The zero-order valence-corrected chi connectivity index (χ0v) is 25.0. The second kappa shape index (κ2) is 11.3. The quantitative estimate of drug-likeness (QED) is 0.393. The molecule has 5 rings (SSSR count). The van der Waals surface area contributed by atoms with Crippen LogP contribution in [0.4, 0.5) is 5.69 Å². The molecule has 1 saturated carbocycles. The summed E-state index contributed by atoms with van der Waals surface area (Å²) >= 11 is 6.11. The third-order valence-corrected chi connectivity index (χ3v) is 9.20. The Morgan fingerprint density at radius 2 is 1.76 bits per heavy atom. The van der Waals surface area contributed by atoms with Gasteiger partial charge in [0.1, 0.15) is 24.2 Å². The first kappa shape index (κ1) is 29.5. The second-order valence-electron chi connectivity index (χ2n) is 12.6. The van der Waals surface area contributed by atoms with Gasteiger partial charge in [-0.05, 0) is 42.3 Å². The van der Waals surface area contributed by atoms with Crippen LogP contribution in [-0.4, -0.2) is 90.0 Å². The van der Waals surface area contributed by atoms with Crippen LogP contribution in [0.15, 0.2) is 36.4 Å². The maximum atomic E-state index is 13.6. The number of amides is 1. The Hall–Kier alpha value is -3.01. The van der Waals surface area contributed by atoms with Crippen LogP contribution in [0, 0.1) is 10.8 Å². The minimum atomic E-state index is -0.938. The molecule has 41 heavy (non-hydrogen) atoms. The van der Waals surface area contributed by atoms with Gasteiger partial charge in [0.15, 0.2) is 0 Å². The van der Waals surface area contributed by atoms with Crippen LogP contribution in [0.1, 0.15) is 50.0 Å². The average molecular weight is 586 g/mol. The van der Waals surface area contributed by atoms with Gasteiger partial charge < -0.3 is 29.5 Å². The third kappa shape index (κ3) is 5.72. The van der Waals surface area contributed by atoms with Crippen LogP contribution in [0.25, 0.3) is 0 Å². The highest BCUT2D eigenvalue weighted by atomic mass is 35.5. The molecule has 0 aromatic heterocycles. The molecule has 0 atom stereocenters. The van der Waals surface area contributed by atoms with Gasteiger partial charge in [0.25, 0.3) is 5.91 Å². The summed E-state index contributed by atoms with van der Waals surface area (Å²) in [7, 11) is 0. The fourth-order valence-electron chi connectivity index (χ4n) is 7.43. The van der Waals surface area contributed by atoms with Gasteiger partial charge in [-0.25, -0.2) is 4.79 Å². The SMILES string of the molecule is CC1(C)C(Oc2ccc(O)c(Cl)c2)C(C)(C)C1N1Cc2cc(N3CCN(CCCOCC(=O)O)CC3)ccc2C1=O. The summed E-state index contributed by atoms with van der Waals surface area (Å²) in [6.07, 6.45) is 0.666. The number of benzene rings is 2. The Bertz CT molecular complexity index is 1290. The van der Waals surface area contributed by atoms with Crippen LogP contribution >= 0.6 is 11.6 Å². The summed E-state index contributed by atoms with van der Waals surface area (Å²) in [5.41, 5.74) is 2.37.